The average Bonchev–Trinajstić information content (AvgIpc) is 3.13. The van der Waals surface area contributed by atoms with E-state index in [4.69, 9.17) is 0 Å². The Morgan fingerprint density at radius 2 is 1.90 bits per heavy atom. The van der Waals surface area contributed by atoms with Crippen LogP contribution in [0, 0.1) is 13.8 Å². The number of rotatable bonds is 3. The summed E-state index contributed by atoms with van der Waals surface area (Å²) < 4.78 is 39.7. The van der Waals surface area contributed by atoms with E-state index in [0.29, 0.717) is 41.1 Å². The highest BCUT2D eigenvalue weighted by molar-refractivity contribution is 7.12. The molecular weight excluding hydrogens is 403 g/mol. The number of halogens is 3. The highest BCUT2D eigenvalue weighted by atomic mass is 32.1. The van der Waals surface area contributed by atoms with Crippen LogP contribution in [0.15, 0.2) is 29.1 Å². The summed E-state index contributed by atoms with van der Waals surface area (Å²) in [6.07, 6.45) is -3.65. The minimum Gasteiger partial charge on any atom is -0.336 e. The van der Waals surface area contributed by atoms with Crippen LogP contribution in [-0.2, 0) is 25.7 Å². The van der Waals surface area contributed by atoms with Crippen molar-refractivity contribution < 1.29 is 13.2 Å². The Bertz CT molecular complexity index is 1120. The number of anilines is 1. The summed E-state index contributed by atoms with van der Waals surface area (Å²) in [7, 11) is 0. The zero-order valence-corrected chi connectivity index (χ0v) is 16.6. The molecular formula is C19H18F3N5OS. The Morgan fingerprint density at radius 3 is 2.59 bits per heavy atom. The predicted octanol–water partition coefficient (Wildman–Crippen LogP) is 3.34. The van der Waals surface area contributed by atoms with Crippen LogP contribution >= 0.6 is 11.3 Å². The maximum atomic E-state index is 12.8. The number of nitrogens with zero attached hydrogens (tertiary/aromatic N) is 5. The van der Waals surface area contributed by atoms with Gasteiger partial charge in [-0.2, -0.15) is 23.1 Å². The highest BCUT2D eigenvalue weighted by Crippen LogP contribution is 2.34. The molecule has 10 heteroatoms. The van der Waals surface area contributed by atoms with Crippen LogP contribution in [0.25, 0.3) is 0 Å². The van der Waals surface area contributed by atoms with Gasteiger partial charge in [-0.05, 0) is 37.6 Å². The molecule has 0 bridgehead atoms. The van der Waals surface area contributed by atoms with Crippen molar-refractivity contribution in [3.05, 3.63) is 67.3 Å². The van der Waals surface area contributed by atoms with Gasteiger partial charge in [0.05, 0.1) is 6.54 Å². The number of hydrogen-bond donors (Lipinski definition) is 0. The van der Waals surface area contributed by atoms with E-state index in [0.717, 1.165) is 29.4 Å². The monoisotopic (exact) mass is 421 g/mol. The summed E-state index contributed by atoms with van der Waals surface area (Å²) in [5.74, 6) is 0.743. The second-order valence-electron chi connectivity index (χ2n) is 6.93. The van der Waals surface area contributed by atoms with Gasteiger partial charge in [-0.3, -0.25) is 9.55 Å². The second kappa shape index (κ2) is 7.25. The van der Waals surface area contributed by atoms with Gasteiger partial charge in [0.15, 0.2) is 0 Å². The fourth-order valence-corrected chi connectivity index (χ4v) is 4.17. The third kappa shape index (κ3) is 4.02. The van der Waals surface area contributed by atoms with Gasteiger partial charge in [0.1, 0.15) is 10.7 Å². The number of alkyl halides is 3. The van der Waals surface area contributed by atoms with Crippen molar-refractivity contribution in [2.24, 2.45) is 0 Å². The van der Waals surface area contributed by atoms with Crippen molar-refractivity contribution in [1.29, 1.82) is 0 Å². The third-order valence-corrected chi connectivity index (χ3v) is 5.92. The number of fused-ring (bicyclic) bond motifs is 1. The van der Waals surface area contributed by atoms with Crippen LogP contribution in [-0.4, -0.2) is 26.1 Å². The van der Waals surface area contributed by atoms with Gasteiger partial charge in [0, 0.05) is 35.8 Å². The lowest BCUT2D eigenvalue weighted by atomic mass is 10.1. The van der Waals surface area contributed by atoms with E-state index in [-0.39, 0.29) is 6.54 Å². The maximum absolute atomic E-state index is 12.8. The van der Waals surface area contributed by atoms with Crippen LogP contribution in [0.3, 0.4) is 0 Å². The summed E-state index contributed by atoms with van der Waals surface area (Å²) in [6.45, 7) is 4.83. The molecule has 0 N–H and O–H groups in total. The molecule has 0 amide bonds. The van der Waals surface area contributed by atoms with E-state index in [2.05, 4.69) is 15.0 Å². The Hall–Kier alpha value is -2.75. The molecule has 4 rings (SSSR count). The SMILES string of the molecule is Cc1ccc2c(n1)CCN(c1nc(C)n(Cc3ccc(C(F)(F)F)s3)c(=O)n1)C2. The minimum atomic E-state index is -4.39. The second-order valence-corrected chi connectivity index (χ2v) is 8.10. The smallest absolute Gasteiger partial charge is 0.336 e. The van der Waals surface area contributed by atoms with Crippen molar-refractivity contribution in [3.63, 3.8) is 0 Å². The predicted molar refractivity (Wildman–Crippen MR) is 103 cm³/mol. The Morgan fingerprint density at radius 1 is 1.10 bits per heavy atom. The van der Waals surface area contributed by atoms with E-state index in [1.165, 1.54) is 10.6 Å². The van der Waals surface area contributed by atoms with Crippen molar-refractivity contribution >= 4 is 17.3 Å². The molecule has 0 spiro atoms. The summed E-state index contributed by atoms with van der Waals surface area (Å²) in [6, 6.07) is 6.37. The molecule has 3 aromatic heterocycles. The number of aryl methyl sites for hydroxylation is 2. The maximum Gasteiger partial charge on any atom is 0.425 e. The largest absolute Gasteiger partial charge is 0.425 e. The van der Waals surface area contributed by atoms with Crippen LogP contribution in [0.2, 0.25) is 0 Å². The molecule has 1 aliphatic heterocycles. The third-order valence-electron chi connectivity index (χ3n) is 4.80. The quantitative estimate of drug-likeness (QED) is 0.649. The fraction of sp³-hybridized carbons (Fsp3) is 0.368. The Labute approximate surface area is 168 Å². The van der Waals surface area contributed by atoms with E-state index >= 15 is 0 Å². The van der Waals surface area contributed by atoms with Gasteiger partial charge >= 0.3 is 11.9 Å². The first-order valence-corrected chi connectivity index (χ1v) is 9.84. The zero-order chi connectivity index (χ0) is 20.8. The van der Waals surface area contributed by atoms with Gasteiger partial charge < -0.3 is 4.90 Å². The zero-order valence-electron chi connectivity index (χ0n) is 15.8. The van der Waals surface area contributed by atoms with Gasteiger partial charge in [-0.25, -0.2) is 4.79 Å². The van der Waals surface area contributed by atoms with Crippen LogP contribution < -0.4 is 10.6 Å². The first-order chi connectivity index (χ1) is 13.7. The fourth-order valence-electron chi connectivity index (χ4n) is 3.30. The summed E-state index contributed by atoms with van der Waals surface area (Å²) in [4.78, 5) is 27.3. The molecule has 0 atom stereocenters. The summed E-state index contributed by atoms with van der Waals surface area (Å²) >= 11 is 0.620. The molecule has 0 saturated carbocycles. The number of hydrogen-bond acceptors (Lipinski definition) is 6. The molecule has 4 heterocycles. The van der Waals surface area contributed by atoms with Crippen molar-refractivity contribution in [2.75, 3.05) is 11.4 Å². The average molecular weight is 421 g/mol. The Kier molecular flexibility index (Phi) is 4.89. The van der Waals surface area contributed by atoms with Gasteiger partial charge in [-0.1, -0.05) is 6.07 Å². The van der Waals surface area contributed by atoms with E-state index in [9.17, 15) is 18.0 Å². The summed E-state index contributed by atoms with van der Waals surface area (Å²) in [5, 5.41) is 0. The van der Waals surface area contributed by atoms with Crippen molar-refractivity contribution in [2.45, 2.75) is 39.5 Å². The van der Waals surface area contributed by atoms with Gasteiger partial charge in [0.25, 0.3) is 0 Å². The van der Waals surface area contributed by atoms with Gasteiger partial charge in [-0.15, -0.1) is 11.3 Å². The number of thiophene rings is 1. The number of pyridine rings is 1. The first kappa shape index (κ1) is 19.6. The standard InChI is InChI=1S/C19H18F3N5OS/c1-11-3-4-13-9-26(8-7-15(13)23-11)17-24-12(2)27(18(28)25-17)10-14-5-6-16(29-14)19(20,21)22/h3-6H,7-10H2,1-2H3. The Balaban J connectivity index is 1.57. The van der Waals surface area contributed by atoms with Crippen LogP contribution in [0.1, 0.15) is 32.5 Å². The van der Waals surface area contributed by atoms with E-state index < -0.39 is 16.7 Å². The summed E-state index contributed by atoms with van der Waals surface area (Å²) in [5.41, 5.74) is 2.56. The molecule has 1 aliphatic rings. The molecule has 152 valence electrons. The van der Waals surface area contributed by atoms with Crippen molar-refractivity contribution in [3.8, 4) is 0 Å². The normalized spacial score (nSPS) is 14.2. The van der Waals surface area contributed by atoms with Crippen LogP contribution in [0.4, 0.5) is 19.1 Å². The molecule has 0 unspecified atom stereocenters. The van der Waals surface area contributed by atoms with Crippen LogP contribution in [0.5, 0.6) is 0 Å². The lowest BCUT2D eigenvalue weighted by molar-refractivity contribution is -0.134. The molecule has 6 nitrogen and oxygen atoms in total. The van der Waals surface area contributed by atoms with Gasteiger partial charge in [0.2, 0.25) is 5.95 Å². The molecule has 0 fully saturated rings. The lowest BCUT2D eigenvalue weighted by Gasteiger charge is -2.28. The van der Waals surface area contributed by atoms with E-state index in [1.807, 2.05) is 24.0 Å². The molecule has 0 aliphatic carbocycles. The molecule has 0 saturated heterocycles. The molecule has 3 aromatic rings. The molecule has 29 heavy (non-hydrogen) atoms. The topological polar surface area (TPSA) is 63.9 Å². The van der Waals surface area contributed by atoms with Crippen molar-refractivity contribution in [1.82, 2.24) is 19.5 Å². The minimum absolute atomic E-state index is 0.0116. The van der Waals surface area contributed by atoms with E-state index in [1.54, 1.807) is 6.92 Å². The molecule has 0 aromatic carbocycles. The lowest BCUT2D eigenvalue weighted by Crippen LogP contribution is -2.36. The highest BCUT2D eigenvalue weighted by Gasteiger charge is 2.32. The molecule has 0 radical (unpaired) electrons. The first-order valence-electron chi connectivity index (χ1n) is 9.02. The number of aromatic nitrogens is 4.